The van der Waals surface area contributed by atoms with Crippen LogP contribution >= 0.6 is 11.8 Å². The van der Waals surface area contributed by atoms with Crippen molar-refractivity contribution in [3.05, 3.63) is 93.2 Å². The molecule has 3 aliphatic rings. The molecule has 3 aromatic rings. The van der Waals surface area contributed by atoms with Gasteiger partial charge in [0.15, 0.2) is 11.4 Å². The number of carbonyl (C=O) groups is 1. The summed E-state index contributed by atoms with van der Waals surface area (Å²) in [5.41, 5.74) is 1.74. The van der Waals surface area contributed by atoms with E-state index in [1.807, 2.05) is 35.3 Å². The Labute approximate surface area is 207 Å². The van der Waals surface area contributed by atoms with Gasteiger partial charge in [-0.2, -0.15) is 0 Å². The lowest BCUT2D eigenvalue weighted by Gasteiger charge is -2.47. The largest absolute Gasteiger partial charge is 0.502 e. The minimum atomic E-state index is -0.599. The van der Waals surface area contributed by atoms with Gasteiger partial charge in [0.1, 0.15) is 18.5 Å². The lowest BCUT2D eigenvalue weighted by Crippen LogP contribution is -2.58. The van der Waals surface area contributed by atoms with Crippen LogP contribution in [0.4, 0.5) is 4.39 Å². The summed E-state index contributed by atoms with van der Waals surface area (Å²) in [5, 5.41) is 12.7. The van der Waals surface area contributed by atoms with Gasteiger partial charge in [0.05, 0.1) is 0 Å². The first-order chi connectivity index (χ1) is 17.0. The predicted octanol–water partition coefficient (Wildman–Crippen LogP) is 4.77. The van der Waals surface area contributed by atoms with E-state index < -0.39 is 17.2 Å². The molecule has 0 spiro atoms. The van der Waals surface area contributed by atoms with Crippen molar-refractivity contribution in [3.8, 4) is 5.75 Å². The Hall–Kier alpha value is -3.26. The third-order valence-electron chi connectivity index (χ3n) is 7.42. The first-order valence-corrected chi connectivity index (χ1v) is 13.0. The summed E-state index contributed by atoms with van der Waals surface area (Å²) in [7, 11) is 0. The normalized spacial score (nSPS) is 20.1. The molecule has 0 bridgehead atoms. The van der Waals surface area contributed by atoms with Crippen LogP contribution < -0.4 is 10.4 Å². The highest BCUT2D eigenvalue weighted by atomic mass is 32.2. The Morgan fingerprint density at radius 2 is 1.77 bits per heavy atom. The molecule has 0 unspecified atom stereocenters. The van der Waals surface area contributed by atoms with Gasteiger partial charge in [-0.05, 0) is 36.1 Å². The van der Waals surface area contributed by atoms with Gasteiger partial charge < -0.3 is 10.0 Å². The average Bonchev–Trinajstić information content (AvgIpc) is 3.05. The minimum Gasteiger partial charge on any atom is -0.502 e. The number of carbonyl (C=O) groups excluding carboxylic acids is 1. The Morgan fingerprint density at radius 1 is 0.971 bits per heavy atom. The summed E-state index contributed by atoms with van der Waals surface area (Å²) < 4.78 is 17.1. The number of fused-ring (bicyclic) bond motifs is 3. The SMILES string of the molecule is O=C1c2c(O)c(=O)ccn2N([C@@H]2c3ccccc3SCc3cccc(F)c32)CN1C1CCCCC1. The van der Waals surface area contributed by atoms with Gasteiger partial charge >= 0.3 is 0 Å². The van der Waals surface area contributed by atoms with Crippen molar-refractivity contribution in [1.29, 1.82) is 0 Å². The van der Waals surface area contributed by atoms with E-state index in [4.69, 9.17) is 0 Å². The van der Waals surface area contributed by atoms with Crippen molar-refractivity contribution in [1.82, 2.24) is 9.58 Å². The van der Waals surface area contributed by atoms with Crippen molar-refractivity contribution in [2.45, 2.75) is 54.8 Å². The maximum absolute atomic E-state index is 15.6. The lowest BCUT2D eigenvalue weighted by atomic mass is 9.92. The molecule has 6 nitrogen and oxygen atoms in total. The summed E-state index contributed by atoms with van der Waals surface area (Å²) in [6, 6.07) is 13.8. The molecule has 6 rings (SSSR count). The van der Waals surface area contributed by atoms with E-state index in [-0.39, 0.29) is 30.1 Å². The van der Waals surface area contributed by atoms with Crippen LogP contribution in [0.15, 0.2) is 64.4 Å². The molecule has 3 heterocycles. The van der Waals surface area contributed by atoms with E-state index >= 15 is 4.39 Å². The molecular formula is C27H26FN3O3S. The Morgan fingerprint density at radius 3 is 2.60 bits per heavy atom. The highest BCUT2D eigenvalue weighted by Gasteiger charge is 2.41. The van der Waals surface area contributed by atoms with Gasteiger partial charge in [-0.15, -0.1) is 11.8 Å². The van der Waals surface area contributed by atoms with E-state index in [9.17, 15) is 14.7 Å². The van der Waals surface area contributed by atoms with E-state index in [1.54, 1.807) is 27.4 Å². The number of benzene rings is 2. The van der Waals surface area contributed by atoms with Crippen molar-refractivity contribution in [2.24, 2.45) is 0 Å². The van der Waals surface area contributed by atoms with E-state index in [0.717, 1.165) is 48.1 Å². The van der Waals surface area contributed by atoms with E-state index in [1.165, 1.54) is 18.3 Å². The Kier molecular flexibility index (Phi) is 5.56. The number of halogens is 1. The van der Waals surface area contributed by atoms with Crippen molar-refractivity contribution in [3.63, 3.8) is 0 Å². The number of amides is 1. The van der Waals surface area contributed by atoms with Crippen LogP contribution in [-0.4, -0.2) is 33.3 Å². The summed E-state index contributed by atoms with van der Waals surface area (Å²) >= 11 is 1.66. The third-order valence-corrected chi connectivity index (χ3v) is 8.56. The monoisotopic (exact) mass is 491 g/mol. The number of hydrogen-bond donors (Lipinski definition) is 1. The smallest absolute Gasteiger partial charge is 0.278 e. The van der Waals surface area contributed by atoms with Gasteiger partial charge in [0, 0.05) is 34.5 Å². The number of aromatic nitrogens is 1. The number of thioether (sulfide) groups is 1. The second-order valence-electron chi connectivity index (χ2n) is 9.41. The van der Waals surface area contributed by atoms with Crippen molar-refractivity contribution < 1.29 is 14.3 Å². The fourth-order valence-corrected chi connectivity index (χ4v) is 6.79. The molecule has 1 amide bonds. The third kappa shape index (κ3) is 3.62. The molecule has 8 heteroatoms. The number of hydrogen-bond acceptors (Lipinski definition) is 5. The summed E-state index contributed by atoms with van der Waals surface area (Å²) in [6.07, 6.45) is 6.47. The zero-order valence-corrected chi connectivity index (χ0v) is 20.0. The van der Waals surface area contributed by atoms with Crippen LogP contribution in [0.3, 0.4) is 0 Å². The molecule has 1 N–H and O–H groups in total. The molecular weight excluding hydrogens is 465 g/mol. The first-order valence-electron chi connectivity index (χ1n) is 12.1. The van der Waals surface area contributed by atoms with Gasteiger partial charge in [-0.25, -0.2) is 4.39 Å². The Bertz CT molecular complexity index is 1370. The summed E-state index contributed by atoms with van der Waals surface area (Å²) in [6.45, 7) is 0.232. The van der Waals surface area contributed by atoms with Crippen LogP contribution in [0.5, 0.6) is 5.75 Å². The second kappa shape index (κ2) is 8.75. The average molecular weight is 492 g/mol. The number of nitrogens with zero attached hydrogens (tertiary/aromatic N) is 3. The Balaban J connectivity index is 1.59. The summed E-state index contributed by atoms with van der Waals surface area (Å²) in [5.74, 6) is -0.596. The fraction of sp³-hybridized carbons (Fsp3) is 0.333. The molecule has 35 heavy (non-hydrogen) atoms. The topological polar surface area (TPSA) is 65.8 Å². The van der Waals surface area contributed by atoms with Crippen molar-refractivity contribution in [2.75, 3.05) is 11.7 Å². The van der Waals surface area contributed by atoms with E-state index in [0.29, 0.717) is 11.3 Å². The highest BCUT2D eigenvalue weighted by molar-refractivity contribution is 7.98. The zero-order valence-electron chi connectivity index (χ0n) is 19.2. The predicted molar refractivity (Wildman–Crippen MR) is 133 cm³/mol. The fourth-order valence-electron chi connectivity index (χ4n) is 5.71. The number of rotatable bonds is 2. The van der Waals surface area contributed by atoms with Gasteiger partial charge in [-0.3, -0.25) is 19.3 Å². The maximum atomic E-state index is 15.6. The zero-order chi connectivity index (χ0) is 24.1. The molecule has 2 aromatic carbocycles. The minimum absolute atomic E-state index is 0.0118. The van der Waals surface area contributed by atoms with Crippen LogP contribution in [0, 0.1) is 5.82 Å². The standard InChI is InChI=1S/C27H26FN3O3S/c28-20-11-6-7-17-15-35-22-12-5-4-10-19(22)24(23(17)20)31-16-29(18-8-2-1-3-9-18)27(34)25-26(33)21(32)13-14-30(25)31/h4-7,10-14,18,24,33H,1-3,8-9,15-16H2/t24-/m1/s1. The van der Waals surface area contributed by atoms with Crippen LogP contribution in [-0.2, 0) is 5.75 Å². The second-order valence-corrected chi connectivity index (χ2v) is 10.4. The lowest BCUT2D eigenvalue weighted by molar-refractivity contribution is 0.0540. The molecule has 0 radical (unpaired) electrons. The molecule has 1 aromatic heterocycles. The quantitative estimate of drug-likeness (QED) is 0.559. The van der Waals surface area contributed by atoms with E-state index in [2.05, 4.69) is 0 Å². The molecule has 1 aliphatic carbocycles. The molecule has 180 valence electrons. The number of aromatic hydroxyl groups is 1. The highest BCUT2D eigenvalue weighted by Crippen LogP contribution is 2.44. The maximum Gasteiger partial charge on any atom is 0.278 e. The molecule has 1 saturated carbocycles. The van der Waals surface area contributed by atoms with Gasteiger partial charge in [0.25, 0.3) is 5.91 Å². The molecule has 1 atom stereocenters. The molecule has 0 saturated heterocycles. The molecule has 2 aliphatic heterocycles. The van der Waals surface area contributed by atoms with Crippen LogP contribution in [0.1, 0.15) is 65.3 Å². The van der Waals surface area contributed by atoms with Crippen LogP contribution in [0.2, 0.25) is 0 Å². The number of pyridine rings is 1. The first kappa shape index (κ1) is 22.2. The van der Waals surface area contributed by atoms with Crippen molar-refractivity contribution >= 4 is 17.7 Å². The molecule has 1 fully saturated rings. The summed E-state index contributed by atoms with van der Waals surface area (Å²) in [4.78, 5) is 28.9. The van der Waals surface area contributed by atoms with Crippen LogP contribution in [0.25, 0.3) is 0 Å². The van der Waals surface area contributed by atoms with Gasteiger partial charge in [0.2, 0.25) is 5.43 Å². The van der Waals surface area contributed by atoms with Gasteiger partial charge in [-0.1, -0.05) is 49.6 Å².